The molecule has 1 fully saturated rings. The number of hydrogen-bond acceptors (Lipinski definition) is 7. The predicted molar refractivity (Wildman–Crippen MR) is 136 cm³/mol. The predicted octanol–water partition coefficient (Wildman–Crippen LogP) is 0.651. The van der Waals surface area contributed by atoms with E-state index in [1.807, 2.05) is 25.7 Å². The van der Waals surface area contributed by atoms with Gasteiger partial charge in [0, 0.05) is 26.6 Å². The molecule has 11 heteroatoms. The maximum atomic E-state index is 12.9. The van der Waals surface area contributed by atoms with Crippen LogP contribution < -0.4 is 22.1 Å². The van der Waals surface area contributed by atoms with Crippen LogP contribution in [0.3, 0.4) is 0 Å². The topological polar surface area (TPSA) is 161 Å². The van der Waals surface area contributed by atoms with Crippen LogP contribution in [0.2, 0.25) is 0 Å². The van der Waals surface area contributed by atoms with Crippen molar-refractivity contribution in [3.8, 4) is 0 Å². The number of hydrogen-bond donors (Lipinski definition) is 4. The first-order valence-corrected chi connectivity index (χ1v) is 12.5. The molecule has 1 aliphatic rings. The van der Waals surface area contributed by atoms with Crippen molar-refractivity contribution in [2.24, 2.45) is 16.5 Å². The summed E-state index contributed by atoms with van der Waals surface area (Å²) in [5, 5.41) is 5.65. The molecule has 11 nitrogen and oxygen atoms in total. The van der Waals surface area contributed by atoms with Crippen LogP contribution in [0.4, 0.5) is 0 Å². The van der Waals surface area contributed by atoms with Gasteiger partial charge in [-0.05, 0) is 60.3 Å². The van der Waals surface area contributed by atoms with E-state index in [0.717, 1.165) is 25.7 Å². The van der Waals surface area contributed by atoms with Gasteiger partial charge in [0.2, 0.25) is 11.8 Å². The Hall–Kier alpha value is -2.24. The number of ketones is 1. The number of likely N-dealkylation sites (tertiary alicyclic amines) is 1. The molecule has 1 saturated heterocycles. The average Bonchev–Trinajstić information content (AvgIpc) is 2.78. The van der Waals surface area contributed by atoms with Crippen molar-refractivity contribution in [3.63, 3.8) is 0 Å². The van der Waals surface area contributed by atoms with Gasteiger partial charge in [-0.1, -0.05) is 6.42 Å². The van der Waals surface area contributed by atoms with Gasteiger partial charge in [-0.25, -0.2) is 0 Å². The fourth-order valence-corrected chi connectivity index (χ4v) is 3.66. The first kappa shape index (κ1) is 30.8. The van der Waals surface area contributed by atoms with Gasteiger partial charge in [0.15, 0.2) is 12.2 Å². The van der Waals surface area contributed by atoms with Gasteiger partial charge in [-0.15, -0.1) is 0 Å². The van der Waals surface area contributed by atoms with Crippen molar-refractivity contribution in [1.82, 2.24) is 15.5 Å². The van der Waals surface area contributed by atoms with E-state index in [0.29, 0.717) is 32.0 Å². The third-order valence-corrected chi connectivity index (χ3v) is 5.66. The Bertz CT molecular complexity index is 724. The summed E-state index contributed by atoms with van der Waals surface area (Å²) in [6.45, 7) is 10.0. The summed E-state index contributed by atoms with van der Waals surface area (Å²) in [6, 6.07) is -2.00. The number of unbranched alkanes of at least 4 members (excludes halogenated alkanes) is 2. The lowest BCUT2D eigenvalue weighted by Crippen LogP contribution is -2.62. The number of carbonyl (C=O) groups is 3. The van der Waals surface area contributed by atoms with Crippen LogP contribution >= 0.6 is 0 Å². The second-order valence-corrected chi connectivity index (χ2v) is 10.1. The molecule has 1 heterocycles. The van der Waals surface area contributed by atoms with Crippen molar-refractivity contribution in [1.29, 1.82) is 0 Å². The van der Waals surface area contributed by atoms with Crippen LogP contribution in [-0.4, -0.2) is 85.2 Å². The highest BCUT2D eigenvalue weighted by Gasteiger charge is 2.35. The van der Waals surface area contributed by atoms with Crippen LogP contribution in [0.5, 0.6) is 0 Å². The summed E-state index contributed by atoms with van der Waals surface area (Å²) in [5.74, 6) is -0.265. The molecular weight excluding hydrogens is 452 g/mol. The Morgan fingerprint density at radius 1 is 1.17 bits per heavy atom. The SMILES string of the molecule is CN=C(N)N1CCCC(NC(=O)[C@H](C)NC(=O)[C@H](N)COC(C)(C)C)C1OCCCCCC(C)=O. The third kappa shape index (κ3) is 11.8. The fourth-order valence-electron chi connectivity index (χ4n) is 3.66. The molecule has 2 unspecified atom stereocenters. The van der Waals surface area contributed by atoms with E-state index in [-0.39, 0.29) is 24.3 Å². The van der Waals surface area contributed by atoms with Crippen LogP contribution in [0.25, 0.3) is 0 Å². The van der Waals surface area contributed by atoms with Crippen molar-refractivity contribution < 1.29 is 23.9 Å². The first-order valence-electron chi connectivity index (χ1n) is 12.5. The quantitative estimate of drug-likeness (QED) is 0.163. The number of nitrogens with one attached hydrogen (secondary N) is 2. The maximum absolute atomic E-state index is 12.9. The van der Waals surface area contributed by atoms with E-state index in [1.165, 1.54) is 0 Å². The highest BCUT2D eigenvalue weighted by molar-refractivity contribution is 5.89. The molecule has 202 valence electrons. The zero-order chi connectivity index (χ0) is 26.6. The molecule has 1 aliphatic heterocycles. The van der Waals surface area contributed by atoms with Crippen LogP contribution in [-0.2, 0) is 23.9 Å². The number of nitrogens with two attached hydrogens (primary N) is 2. The lowest BCUT2D eigenvalue weighted by molar-refractivity contribution is -0.133. The summed E-state index contributed by atoms with van der Waals surface area (Å²) >= 11 is 0. The first-order chi connectivity index (χ1) is 16.4. The number of ether oxygens (including phenoxy) is 2. The highest BCUT2D eigenvalue weighted by Crippen LogP contribution is 2.20. The molecule has 1 rings (SSSR count). The van der Waals surface area contributed by atoms with E-state index in [1.54, 1.807) is 20.9 Å². The Labute approximate surface area is 209 Å². The number of rotatable bonds is 13. The van der Waals surface area contributed by atoms with Crippen molar-refractivity contribution >= 4 is 23.6 Å². The van der Waals surface area contributed by atoms with E-state index in [4.69, 9.17) is 20.9 Å². The van der Waals surface area contributed by atoms with Gasteiger partial charge >= 0.3 is 0 Å². The molecule has 0 bridgehead atoms. The molecule has 0 aromatic carbocycles. The molecule has 0 aliphatic carbocycles. The Kier molecular flexibility index (Phi) is 13.2. The molecule has 0 spiro atoms. The monoisotopic (exact) mass is 498 g/mol. The lowest BCUT2D eigenvalue weighted by Gasteiger charge is -2.42. The minimum Gasteiger partial charge on any atom is -0.374 e. The van der Waals surface area contributed by atoms with E-state index in [2.05, 4.69) is 15.6 Å². The average molecular weight is 499 g/mol. The molecule has 6 N–H and O–H groups in total. The van der Waals surface area contributed by atoms with Crippen molar-refractivity contribution in [3.05, 3.63) is 0 Å². The zero-order valence-corrected chi connectivity index (χ0v) is 22.3. The minimum absolute atomic E-state index is 0.0548. The highest BCUT2D eigenvalue weighted by atomic mass is 16.5. The molecule has 0 radical (unpaired) electrons. The summed E-state index contributed by atoms with van der Waals surface area (Å²) in [6.07, 6.45) is 4.09. The third-order valence-electron chi connectivity index (χ3n) is 5.66. The standard InChI is InChI=1S/C24H46N6O5/c1-16(31)11-8-7-9-14-34-22-19(12-10-13-30(22)23(26)27-6)29-20(32)17(2)28-21(33)18(25)15-35-24(3,4)5/h17-19,22H,7-15,25H2,1-6H3,(H2,26,27)(H,28,33)(H,29,32)/t17-,18+,19?,22?/m0/s1. The molecule has 0 aromatic rings. The van der Waals surface area contributed by atoms with E-state index in [9.17, 15) is 14.4 Å². The normalized spacial score (nSPS) is 20.8. The van der Waals surface area contributed by atoms with E-state index >= 15 is 0 Å². The largest absolute Gasteiger partial charge is 0.374 e. The Morgan fingerprint density at radius 3 is 2.46 bits per heavy atom. The van der Waals surface area contributed by atoms with Gasteiger partial charge in [-0.3, -0.25) is 14.6 Å². The molecule has 4 atom stereocenters. The molecule has 35 heavy (non-hydrogen) atoms. The second-order valence-electron chi connectivity index (χ2n) is 10.1. The maximum Gasteiger partial charge on any atom is 0.242 e. The van der Waals surface area contributed by atoms with E-state index < -0.39 is 29.8 Å². The number of nitrogens with zero attached hydrogens (tertiary/aromatic N) is 2. The van der Waals surface area contributed by atoms with Gasteiger partial charge in [0.05, 0.1) is 18.2 Å². The minimum atomic E-state index is -0.880. The fraction of sp³-hybridized carbons (Fsp3) is 0.833. The smallest absolute Gasteiger partial charge is 0.242 e. The second kappa shape index (κ2) is 15.0. The Morgan fingerprint density at radius 2 is 1.86 bits per heavy atom. The van der Waals surface area contributed by atoms with Crippen LogP contribution in [0.1, 0.15) is 73.1 Å². The van der Waals surface area contributed by atoms with Crippen LogP contribution in [0, 0.1) is 0 Å². The molecular formula is C24H46N6O5. The van der Waals surface area contributed by atoms with Crippen LogP contribution in [0.15, 0.2) is 4.99 Å². The summed E-state index contributed by atoms with van der Waals surface area (Å²) < 4.78 is 11.7. The van der Waals surface area contributed by atoms with Gasteiger partial charge in [0.25, 0.3) is 0 Å². The number of guanidine groups is 1. The van der Waals surface area contributed by atoms with Gasteiger partial charge < -0.3 is 41.3 Å². The number of aliphatic imine (C=N–C) groups is 1. The number of carbonyl (C=O) groups excluding carboxylic acids is 3. The number of Topliss-reactive ketones (excluding diaryl/α,β-unsaturated/α-hetero) is 1. The summed E-state index contributed by atoms with van der Waals surface area (Å²) in [5.41, 5.74) is 11.6. The Balaban J connectivity index is 2.69. The number of piperidine rings is 1. The van der Waals surface area contributed by atoms with Gasteiger partial charge in [0.1, 0.15) is 17.9 Å². The zero-order valence-electron chi connectivity index (χ0n) is 22.3. The van der Waals surface area contributed by atoms with Crippen molar-refractivity contribution in [2.45, 2.75) is 103 Å². The summed E-state index contributed by atoms with van der Waals surface area (Å²) in [7, 11) is 1.61. The number of amides is 2. The summed E-state index contributed by atoms with van der Waals surface area (Å²) in [4.78, 5) is 42.3. The molecule has 2 amide bonds. The van der Waals surface area contributed by atoms with Crippen molar-refractivity contribution in [2.75, 3.05) is 26.8 Å². The molecule has 0 saturated carbocycles. The lowest BCUT2D eigenvalue weighted by atomic mass is 10.0. The van der Waals surface area contributed by atoms with Gasteiger partial charge in [-0.2, -0.15) is 0 Å². The molecule has 0 aromatic heterocycles.